The number of aliphatic carboxylic acids is 2. The van der Waals surface area contributed by atoms with Gasteiger partial charge in [0.1, 0.15) is 5.54 Å². The molecule has 4 N–H and O–H groups in total. The van der Waals surface area contributed by atoms with E-state index in [0.717, 1.165) is 37.5 Å². The summed E-state index contributed by atoms with van der Waals surface area (Å²) in [6.45, 7) is 5.02. The van der Waals surface area contributed by atoms with E-state index in [1.165, 1.54) is 5.56 Å². The molecule has 0 atom stereocenters. The maximum Gasteiger partial charge on any atom is 0.414 e. The molecule has 0 saturated carbocycles. The number of nitrogens with zero attached hydrogens (tertiary/aromatic N) is 1. The van der Waals surface area contributed by atoms with Crippen molar-refractivity contribution in [3.63, 3.8) is 0 Å². The van der Waals surface area contributed by atoms with Crippen molar-refractivity contribution >= 4 is 29.5 Å². The van der Waals surface area contributed by atoms with Gasteiger partial charge in [0.05, 0.1) is 6.61 Å². The molecular weight excluding hydrogens is 388 g/mol. The van der Waals surface area contributed by atoms with Crippen LogP contribution in [-0.4, -0.2) is 58.3 Å². The van der Waals surface area contributed by atoms with E-state index < -0.39 is 17.5 Å². The number of piperidine rings is 1. The number of halogens is 1. The fourth-order valence-electron chi connectivity index (χ4n) is 2.62. The maximum absolute atomic E-state index is 12.1. The van der Waals surface area contributed by atoms with Crippen molar-refractivity contribution in [1.82, 2.24) is 4.90 Å². The molecule has 0 spiro atoms. The molecule has 28 heavy (non-hydrogen) atoms. The van der Waals surface area contributed by atoms with Crippen LogP contribution in [0.1, 0.15) is 38.2 Å². The fourth-order valence-corrected chi connectivity index (χ4v) is 2.74. The molecule has 156 valence electrons. The van der Waals surface area contributed by atoms with Crippen molar-refractivity contribution < 1.29 is 29.3 Å². The molecule has 9 heteroatoms. The van der Waals surface area contributed by atoms with Crippen molar-refractivity contribution in [2.75, 3.05) is 19.7 Å². The number of unbranched alkanes of at least 4 members (excludes halogenated alkanes) is 1. The molecular formula is C19H27ClN2O6. The van der Waals surface area contributed by atoms with Gasteiger partial charge >= 0.3 is 17.9 Å². The minimum Gasteiger partial charge on any atom is -0.473 e. The molecule has 0 bridgehead atoms. The molecule has 1 aromatic rings. The summed E-state index contributed by atoms with van der Waals surface area (Å²) >= 11 is 5.90. The highest BCUT2D eigenvalue weighted by atomic mass is 35.5. The molecule has 1 aromatic carbocycles. The number of carbonyl (C=O) groups is 3. The first-order valence-corrected chi connectivity index (χ1v) is 9.45. The zero-order valence-corrected chi connectivity index (χ0v) is 16.7. The van der Waals surface area contributed by atoms with E-state index in [1.807, 2.05) is 24.3 Å². The molecule has 0 unspecified atom stereocenters. The van der Waals surface area contributed by atoms with E-state index in [0.29, 0.717) is 19.4 Å². The van der Waals surface area contributed by atoms with Gasteiger partial charge in [0.15, 0.2) is 0 Å². The number of carbonyl (C=O) groups excluding carboxylic acids is 1. The van der Waals surface area contributed by atoms with Gasteiger partial charge in [-0.3, -0.25) is 9.69 Å². The first kappa shape index (κ1) is 23.9. The Morgan fingerprint density at radius 3 is 2.14 bits per heavy atom. The molecule has 1 aliphatic rings. The number of carboxylic acids is 2. The highest BCUT2D eigenvalue weighted by Gasteiger charge is 2.38. The lowest BCUT2D eigenvalue weighted by Crippen LogP contribution is -2.56. The Labute approximate surface area is 169 Å². The third kappa shape index (κ3) is 8.24. The van der Waals surface area contributed by atoms with E-state index in [-0.39, 0.29) is 5.97 Å². The lowest BCUT2D eigenvalue weighted by molar-refractivity contribution is -0.159. The number of carboxylic acid groups (broad SMARTS) is 2. The van der Waals surface area contributed by atoms with Gasteiger partial charge in [0, 0.05) is 24.7 Å². The van der Waals surface area contributed by atoms with Gasteiger partial charge in [0.25, 0.3) is 0 Å². The monoisotopic (exact) mass is 414 g/mol. The molecule has 2 rings (SSSR count). The number of rotatable bonds is 6. The van der Waals surface area contributed by atoms with Crippen LogP contribution in [0.15, 0.2) is 24.3 Å². The second-order valence-corrected chi connectivity index (χ2v) is 7.09. The van der Waals surface area contributed by atoms with Crippen molar-refractivity contribution in [2.24, 2.45) is 5.73 Å². The highest BCUT2D eigenvalue weighted by Crippen LogP contribution is 2.23. The van der Waals surface area contributed by atoms with Crippen molar-refractivity contribution in [1.29, 1.82) is 0 Å². The Balaban J connectivity index is 0.000000568. The molecule has 0 aromatic heterocycles. The zero-order chi connectivity index (χ0) is 21.2. The summed E-state index contributed by atoms with van der Waals surface area (Å²) in [7, 11) is 0. The first-order valence-electron chi connectivity index (χ1n) is 9.07. The summed E-state index contributed by atoms with van der Waals surface area (Å²) in [6, 6.07) is 7.87. The Bertz CT molecular complexity index is 645. The molecule has 1 fully saturated rings. The Morgan fingerprint density at radius 1 is 1.14 bits per heavy atom. The SMILES string of the molecule is CCCCOC(=O)C1(N)CCN(Cc2ccc(Cl)cc2)CC1.O=C(O)C(=O)O. The van der Waals surface area contributed by atoms with Gasteiger partial charge in [-0.1, -0.05) is 37.1 Å². The van der Waals surface area contributed by atoms with Gasteiger partial charge in [-0.05, 0) is 37.0 Å². The summed E-state index contributed by atoms with van der Waals surface area (Å²) in [4.78, 5) is 32.6. The van der Waals surface area contributed by atoms with Crippen molar-refractivity contribution in [3.05, 3.63) is 34.9 Å². The van der Waals surface area contributed by atoms with E-state index in [4.69, 9.17) is 41.9 Å². The molecule has 1 aliphatic heterocycles. The molecule has 0 radical (unpaired) electrons. The summed E-state index contributed by atoms with van der Waals surface area (Å²) in [5, 5.41) is 15.5. The van der Waals surface area contributed by atoms with E-state index in [2.05, 4.69) is 11.8 Å². The largest absolute Gasteiger partial charge is 0.473 e. The normalized spacial score (nSPS) is 15.8. The smallest absolute Gasteiger partial charge is 0.414 e. The number of hydrogen-bond acceptors (Lipinski definition) is 6. The fraction of sp³-hybridized carbons (Fsp3) is 0.526. The first-order chi connectivity index (χ1) is 13.2. The van der Waals surface area contributed by atoms with Crippen LogP contribution < -0.4 is 5.73 Å². The minimum absolute atomic E-state index is 0.243. The van der Waals surface area contributed by atoms with Crippen LogP contribution in [0.2, 0.25) is 5.02 Å². The summed E-state index contributed by atoms with van der Waals surface area (Å²) in [5.74, 6) is -3.89. The van der Waals surface area contributed by atoms with Gasteiger partial charge in [0.2, 0.25) is 0 Å². The number of ether oxygens (including phenoxy) is 1. The van der Waals surface area contributed by atoms with Gasteiger partial charge < -0.3 is 20.7 Å². The van der Waals surface area contributed by atoms with Gasteiger partial charge in [-0.15, -0.1) is 0 Å². The quantitative estimate of drug-likeness (QED) is 0.366. The Kier molecular flexibility index (Phi) is 9.92. The maximum atomic E-state index is 12.1. The average molecular weight is 415 g/mol. The molecule has 1 saturated heterocycles. The molecule has 0 amide bonds. The van der Waals surface area contributed by atoms with Crippen LogP contribution in [0.5, 0.6) is 0 Å². The number of hydrogen-bond donors (Lipinski definition) is 3. The summed E-state index contributed by atoms with van der Waals surface area (Å²) in [5.41, 5.74) is 6.65. The lowest BCUT2D eigenvalue weighted by Gasteiger charge is -2.37. The summed E-state index contributed by atoms with van der Waals surface area (Å²) < 4.78 is 5.29. The molecule has 0 aliphatic carbocycles. The number of esters is 1. The molecule has 8 nitrogen and oxygen atoms in total. The van der Waals surface area contributed by atoms with E-state index in [9.17, 15) is 4.79 Å². The molecule has 1 heterocycles. The zero-order valence-electron chi connectivity index (χ0n) is 15.9. The van der Waals surface area contributed by atoms with Crippen LogP contribution in [0.3, 0.4) is 0 Å². The minimum atomic E-state index is -1.82. The third-order valence-corrected chi connectivity index (χ3v) is 4.64. The second kappa shape index (κ2) is 11.6. The van der Waals surface area contributed by atoms with Crippen LogP contribution in [0.25, 0.3) is 0 Å². The van der Waals surface area contributed by atoms with Crippen LogP contribution >= 0.6 is 11.6 Å². The topological polar surface area (TPSA) is 130 Å². The van der Waals surface area contributed by atoms with Crippen molar-refractivity contribution in [3.8, 4) is 0 Å². The van der Waals surface area contributed by atoms with Crippen molar-refractivity contribution in [2.45, 2.75) is 44.7 Å². The Hall–Kier alpha value is -2.16. The highest BCUT2D eigenvalue weighted by molar-refractivity contribution is 6.30. The number of benzene rings is 1. The average Bonchev–Trinajstić information content (AvgIpc) is 2.66. The number of nitrogens with two attached hydrogens (primary N) is 1. The Morgan fingerprint density at radius 2 is 1.68 bits per heavy atom. The predicted molar refractivity (Wildman–Crippen MR) is 104 cm³/mol. The van der Waals surface area contributed by atoms with Gasteiger partial charge in [-0.25, -0.2) is 9.59 Å². The number of likely N-dealkylation sites (tertiary alicyclic amines) is 1. The van der Waals surface area contributed by atoms with Crippen LogP contribution in [-0.2, 0) is 25.7 Å². The van der Waals surface area contributed by atoms with Gasteiger partial charge in [-0.2, -0.15) is 0 Å². The second-order valence-electron chi connectivity index (χ2n) is 6.66. The third-order valence-electron chi connectivity index (χ3n) is 4.39. The summed E-state index contributed by atoms with van der Waals surface area (Å²) in [6.07, 6.45) is 3.20. The van der Waals surface area contributed by atoms with E-state index >= 15 is 0 Å². The standard InChI is InChI=1S/C17H25ClN2O2.C2H2O4/c1-2-3-12-22-16(21)17(19)8-10-20(11-9-17)13-14-4-6-15(18)7-5-14;3-1(4)2(5)6/h4-7H,2-3,8-13,19H2,1H3;(H,3,4)(H,5,6). The lowest BCUT2D eigenvalue weighted by atomic mass is 9.88. The van der Waals surface area contributed by atoms with Crippen LogP contribution in [0.4, 0.5) is 0 Å². The van der Waals surface area contributed by atoms with E-state index in [1.54, 1.807) is 0 Å². The van der Waals surface area contributed by atoms with Crippen LogP contribution in [0, 0.1) is 0 Å². The predicted octanol–water partition coefficient (Wildman–Crippen LogP) is 2.13.